The van der Waals surface area contributed by atoms with Gasteiger partial charge in [0.2, 0.25) is 5.96 Å². The van der Waals surface area contributed by atoms with Gasteiger partial charge in [-0.2, -0.15) is 0 Å². The minimum absolute atomic E-state index is 0.0291. The van der Waals surface area contributed by atoms with Crippen LogP contribution in [0.5, 0.6) is 0 Å². The number of thiophene rings is 1. The van der Waals surface area contributed by atoms with Crippen LogP contribution in [0.4, 0.5) is 9.80 Å². The fraction of sp³-hybridized carbons (Fsp3) is 0.459. The molecule has 8 nitrogen and oxygen atoms in total. The molecule has 252 valence electrons. The molecule has 47 heavy (non-hydrogen) atoms. The Labute approximate surface area is 285 Å². The lowest BCUT2D eigenvalue weighted by Gasteiger charge is -2.32. The van der Waals surface area contributed by atoms with E-state index in [4.69, 9.17) is 9.73 Å². The van der Waals surface area contributed by atoms with Gasteiger partial charge in [0.25, 0.3) is 0 Å². The van der Waals surface area contributed by atoms with Crippen LogP contribution in [-0.4, -0.2) is 62.1 Å². The second-order valence-corrected chi connectivity index (χ2v) is 16.3. The highest BCUT2D eigenvalue weighted by molar-refractivity contribution is 7.76. The average molecular weight is 676 g/mol. The number of hydrogen-bond donors (Lipinski definition) is 3. The summed E-state index contributed by atoms with van der Waals surface area (Å²) in [6.45, 7) is 13.7. The van der Waals surface area contributed by atoms with Gasteiger partial charge in [-0.1, -0.05) is 49.2 Å². The van der Waals surface area contributed by atoms with Crippen molar-refractivity contribution in [3.63, 3.8) is 0 Å². The largest absolute Gasteiger partial charge is 0.453 e. The third-order valence-corrected chi connectivity index (χ3v) is 13.1. The maximum Gasteiger partial charge on any atom is 0.413 e. The fourth-order valence-electron chi connectivity index (χ4n) is 5.84. The summed E-state index contributed by atoms with van der Waals surface area (Å²) in [6.07, 6.45) is 9.45. The van der Waals surface area contributed by atoms with Gasteiger partial charge >= 0.3 is 6.09 Å². The number of aromatic nitrogens is 1. The lowest BCUT2D eigenvalue weighted by Crippen LogP contribution is -2.42. The van der Waals surface area contributed by atoms with Gasteiger partial charge in [-0.3, -0.25) is 20.1 Å². The van der Waals surface area contributed by atoms with Crippen molar-refractivity contribution < 1.29 is 14.3 Å². The number of benzene rings is 1. The molecule has 1 aromatic carbocycles. The summed E-state index contributed by atoms with van der Waals surface area (Å²) in [5.41, 5.74) is 6.73. The van der Waals surface area contributed by atoms with Crippen molar-refractivity contribution in [1.29, 1.82) is 0 Å². The van der Waals surface area contributed by atoms with Crippen molar-refractivity contribution >= 4 is 53.5 Å². The number of aryl methyl sites for hydroxylation is 2. The molecule has 1 saturated heterocycles. The van der Waals surface area contributed by atoms with Crippen LogP contribution in [0.2, 0.25) is 0 Å². The minimum atomic E-state index is -0.577. The number of nitrogens with zero attached hydrogens (tertiary/aromatic N) is 2. The first-order valence-electron chi connectivity index (χ1n) is 16.4. The number of methoxy groups -OCH3 is 1. The van der Waals surface area contributed by atoms with E-state index >= 15 is 0 Å². The number of carbonyl (C=O) groups is 2. The van der Waals surface area contributed by atoms with E-state index in [0.717, 1.165) is 51.7 Å². The SMILES string of the molecule is CCC(CNC(=NCC(C)/C(=C\c1cc(C)cc(C)c1)c1cc(C(C)(C)C(=O)P2CCC2)sc1NC)NC(=O)OC)c1ccncc1. The number of carbonyl (C=O) groups excluding carboxylic acids is 2. The van der Waals surface area contributed by atoms with Crippen LogP contribution in [0.3, 0.4) is 0 Å². The molecule has 2 atom stereocenters. The summed E-state index contributed by atoms with van der Waals surface area (Å²) in [5.74, 6) is 0.560. The molecule has 2 aromatic heterocycles. The van der Waals surface area contributed by atoms with E-state index in [1.165, 1.54) is 23.8 Å². The Morgan fingerprint density at radius 2 is 1.81 bits per heavy atom. The second kappa shape index (κ2) is 16.5. The number of hydrogen-bond acceptors (Lipinski definition) is 7. The topological polar surface area (TPSA) is 105 Å². The second-order valence-electron chi connectivity index (χ2n) is 12.9. The summed E-state index contributed by atoms with van der Waals surface area (Å²) < 4.78 is 4.91. The van der Waals surface area contributed by atoms with Gasteiger partial charge in [-0.05, 0) is 95.7 Å². The number of pyridine rings is 1. The Balaban J connectivity index is 1.69. The Hall–Kier alpha value is -3.55. The first kappa shape index (κ1) is 36.3. The van der Waals surface area contributed by atoms with Crippen LogP contribution in [0.1, 0.15) is 79.1 Å². The summed E-state index contributed by atoms with van der Waals surface area (Å²) in [4.78, 5) is 36.0. The van der Waals surface area contributed by atoms with Gasteiger partial charge in [0, 0.05) is 54.8 Å². The van der Waals surface area contributed by atoms with Crippen LogP contribution in [0.15, 0.2) is 53.8 Å². The third-order valence-electron chi connectivity index (χ3n) is 8.78. The van der Waals surface area contributed by atoms with Crippen molar-refractivity contribution in [1.82, 2.24) is 15.6 Å². The van der Waals surface area contributed by atoms with Gasteiger partial charge in [0.05, 0.1) is 17.5 Å². The molecule has 3 heterocycles. The smallest absolute Gasteiger partial charge is 0.413 e. The van der Waals surface area contributed by atoms with E-state index in [1.807, 2.05) is 19.2 Å². The number of amides is 1. The molecule has 1 amide bonds. The Bertz CT molecular complexity index is 1580. The van der Waals surface area contributed by atoms with E-state index in [9.17, 15) is 9.59 Å². The maximum atomic E-state index is 13.6. The predicted molar refractivity (Wildman–Crippen MR) is 199 cm³/mol. The monoisotopic (exact) mass is 675 g/mol. The van der Waals surface area contributed by atoms with E-state index in [0.29, 0.717) is 24.6 Å². The summed E-state index contributed by atoms with van der Waals surface area (Å²) >= 11 is 1.67. The van der Waals surface area contributed by atoms with E-state index < -0.39 is 19.4 Å². The molecule has 1 aliphatic heterocycles. The Kier molecular flexibility index (Phi) is 12.8. The Morgan fingerprint density at radius 3 is 2.38 bits per heavy atom. The quantitative estimate of drug-likeness (QED) is 0.0960. The number of anilines is 1. The zero-order valence-electron chi connectivity index (χ0n) is 29.1. The van der Waals surface area contributed by atoms with Crippen LogP contribution < -0.4 is 16.0 Å². The van der Waals surface area contributed by atoms with Gasteiger partial charge < -0.3 is 15.4 Å². The summed E-state index contributed by atoms with van der Waals surface area (Å²) in [6, 6.07) is 12.8. The van der Waals surface area contributed by atoms with E-state index in [1.54, 1.807) is 23.7 Å². The molecular formula is C37H50N5O3PS. The molecule has 3 aromatic rings. The van der Waals surface area contributed by atoms with Crippen LogP contribution in [0.25, 0.3) is 11.6 Å². The summed E-state index contributed by atoms with van der Waals surface area (Å²) in [7, 11) is 2.75. The average Bonchev–Trinajstić information content (AvgIpc) is 3.46. The van der Waals surface area contributed by atoms with Crippen LogP contribution >= 0.6 is 19.3 Å². The van der Waals surface area contributed by atoms with Gasteiger partial charge in [0.15, 0.2) is 5.52 Å². The highest BCUT2D eigenvalue weighted by Gasteiger charge is 2.39. The van der Waals surface area contributed by atoms with Crippen molar-refractivity contribution in [3.05, 3.63) is 81.5 Å². The van der Waals surface area contributed by atoms with Crippen LogP contribution in [-0.2, 0) is 14.9 Å². The first-order chi connectivity index (χ1) is 22.5. The third kappa shape index (κ3) is 9.29. The van der Waals surface area contributed by atoms with Gasteiger partial charge in [-0.25, -0.2) is 4.79 Å². The first-order valence-corrected chi connectivity index (χ1v) is 18.9. The minimum Gasteiger partial charge on any atom is -0.453 e. The predicted octanol–water partition coefficient (Wildman–Crippen LogP) is 8.16. The molecule has 0 bridgehead atoms. The standard InChI is InChI=1S/C37H50N5O3PS/c1-9-28(29-11-13-39-14-12-29)23-41-35(42-36(44)45-8)40-22-26(4)30(20-27-18-24(2)17-25(3)19-27)31-21-32(47-33(31)38-7)37(5,6)34(43)46-15-10-16-46/h11-14,17-21,26,28,38H,9-10,15-16,22-23H2,1-8H3,(H2,40,41,42,44)/b30-20+. The van der Waals surface area contributed by atoms with Crippen molar-refractivity contribution in [3.8, 4) is 0 Å². The zero-order valence-corrected chi connectivity index (χ0v) is 30.8. The maximum absolute atomic E-state index is 13.6. The molecule has 0 spiro atoms. The number of alkyl carbamates (subject to hydrolysis) is 1. The molecule has 1 aliphatic rings. The van der Waals surface area contributed by atoms with Crippen molar-refractivity contribution in [2.75, 3.05) is 44.9 Å². The van der Waals surface area contributed by atoms with Crippen LogP contribution in [0, 0.1) is 19.8 Å². The number of nitrogens with one attached hydrogen (secondary N) is 3. The fourth-order valence-corrected chi connectivity index (χ4v) is 9.00. The van der Waals surface area contributed by atoms with Crippen molar-refractivity contribution in [2.45, 2.75) is 65.7 Å². The normalized spacial score (nSPS) is 15.4. The van der Waals surface area contributed by atoms with E-state index in [-0.39, 0.29) is 11.8 Å². The number of ether oxygens (including phenoxy) is 1. The summed E-state index contributed by atoms with van der Waals surface area (Å²) in [5, 5.41) is 10.6. The molecule has 3 N–H and O–H groups in total. The van der Waals surface area contributed by atoms with Gasteiger partial charge in [-0.15, -0.1) is 11.3 Å². The molecule has 2 unspecified atom stereocenters. The number of guanidine groups is 1. The molecule has 0 saturated carbocycles. The number of aliphatic imine (C=N–C) groups is 1. The molecule has 4 rings (SSSR count). The molecule has 0 radical (unpaired) electrons. The highest BCUT2D eigenvalue weighted by atomic mass is 32.1. The molecule has 10 heteroatoms. The number of rotatable bonds is 13. The highest BCUT2D eigenvalue weighted by Crippen LogP contribution is 2.53. The molecular weight excluding hydrogens is 625 g/mol. The van der Waals surface area contributed by atoms with Gasteiger partial charge in [0.1, 0.15) is 0 Å². The molecule has 1 fully saturated rings. The lowest BCUT2D eigenvalue weighted by atomic mass is 9.89. The van der Waals surface area contributed by atoms with E-state index in [2.05, 4.69) is 92.8 Å². The Morgan fingerprint density at radius 1 is 1.13 bits per heavy atom. The zero-order chi connectivity index (χ0) is 34.1. The molecule has 0 aliphatic carbocycles. The lowest BCUT2D eigenvalue weighted by molar-refractivity contribution is -0.115. The van der Waals surface area contributed by atoms with Crippen molar-refractivity contribution in [2.24, 2.45) is 10.9 Å².